The number of hydroxylamine groups is 1. The maximum Gasteiger partial charge on any atom is 0.266 e. The predicted molar refractivity (Wildman–Crippen MR) is 120 cm³/mol. The van der Waals surface area contributed by atoms with E-state index in [1.807, 2.05) is 60.7 Å². The summed E-state index contributed by atoms with van der Waals surface area (Å²) in [4.78, 5) is 34.6. The summed E-state index contributed by atoms with van der Waals surface area (Å²) in [5.41, 5.74) is 0.893. The van der Waals surface area contributed by atoms with E-state index in [9.17, 15) is 9.59 Å². The number of para-hydroxylation sites is 1. The van der Waals surface area contributed by atoms with E-state index in [4.69, 9.17) is 28.0 Å². The molecule has 156 valence electrons. The summed E-state index contributed by atoms with van der Waals surface area (Å²) in [6.07, 6.45) is -0.972. The summed E-state index contributed by atoms with van der Waals surface area (Å²) in [7, 11) is 0. The smallest absolute Gasteiger partial charge is 0.266 e. The highest BCUT2D eigenvalue weighted by Crippen LogP contribution is 2.55. The molecule has 2 saturated heterocycles. The van der Waals surface area contributed by atoms with Crippen LogP contribution in [0.3, 0.4) is 0 Å². The third kappa shape index (κ3) is 2.96. The van der Waals surface area contributed by atoms with Gasteiger partial charge in [-0.1, -0.05) is 71.7 Å². The maximum absolute atomic E-state index is 13.8. The molecule has 0 radical (unpaired) electrons. The van der Waals surface area contributed by atoms with E-state index >= 15 is 0 Å². The van der Waals surface area contributed by atoms with Gasteiger partial charge in [0.25, 0.3) is 5.91 Å². The van der Waals surface area contributed by atoms with E-state index < -0.39 is 23.5 Å². The highest BCUT2D eigenvalue weighted by atomic mass is 35.5. The van der Waals surface area contributed by atoms with Crippen molar-refractivity contribution in [3.05, 3.63) is 94.5 Å². The largest absolute Gasteiger partial charge is 0.273 e. The Hall–Kier alpha value is -2.86. The number of carbonyl (C=O) groups is 2. The van der Waals surface area contributed by atoms with E-state index in [0.717, 1.165) is 16.2 Å². The Bertz CT molecular complexity index is 1170. The van der Waals surface area contributed by atoms with Crippen molar-refractivity contribution < 1.29 is 14.4 Å². The van der Waals surface area contributed by atoms with Crippen LogP contribution in [0.4, 0.5) is 11.4 Å². The number of halogens is 2. The van der Waals surface area contributed by atoms with Crippen molar-refractivity contribution in [2.24, 2.45) is 5.41 Å². The zero-order valence-electron chi connectivity index (χ0n) is 16.5. The van der Waals surface area contributed by atoms with E-state index in [-0.39, 0.29) is 10.9 Å². The number of hydrogen-bond donors (Lipinski definition) is 0. The molecule has 7 heteroatoms. The van der Waals surface area contributed by atoms with Crippen molar-refractivity contribution in [1.82, 2.24) is 0 Å². The predicted octanol–water partition coefficient (Wildman–Crippen LogP) is 5.43. The van der Waals surface area contributed by atoms with E-state index in [1.165, 1.54) is 6.07 Å². The number of benzene rings is 3. The molecule has 0 N–H and O–H groups in total. The number of fused-ring (bicyclic) bond motifs is 1. The number of amides is 2. The van der Waals surface area contributed by atoms with Gasteiger partial charge in [0.05, 0.1) is 27.5 Å². The van der Waals surface area contributed by atoms with Gasteiger partial charge in [-0.2, -0.15) is 0 Å². The van der Waals surface area contributed by atoms with Gasteiger partial charge in [0.1, 0.15) is 5.41 Å². The van der Waals surface area contributed by atoms with Crippen LogP contribution < -0.4 is 9.96 Å². The molecule has 3 atom stereocenters. The summed E-state index contributed by atoms with van der Waals surface area (Å²) in [5.74, 6) is -0.765. The second-order valence-corrected chi connectivity index (χ2v) is 8.63. The third-order valence-electron chi connectivity index (χ3n) is 5.96. The lowest BCUT2D eigenvalue weighted by Crippen LogP contribution is -2.41. The first kappa shape index (κ1) is 20.1. The molecule has 0 saturated carbocycles. The molecule has 0 bridgehead atoms. The molecule has 3 aromatic rings. The first-order chi connectivity index (χ1) is 14.9. The molecule has 3 aromatic carbocycles. The van der Waals surface area contributed by atoms with Gasteiger partial charge < -0.3 is 0 Å². The molecule has 2 fully saturated rings. The van der Waals surface area contributed by atoms with Crippen molar-refractivity contribution in [3.8, 4) is 0 Å². The summed E-state index contributed by atoms with van der Waals surface area (Å²) >= 11 is 12.2. The minimum Gasteiger partial charge on any atom is -0.273 e. The topological polar surface area (TPSA) is 49.9 Å². The quantitative estimate of drug-likeness (QED) is 0.496. The molecule has 0 spiro atoms. The van der Waals surface area contributed by atoms with E-state index in [1.54, 1.807) is 24.1 Å². The second-order valence-electron chi connectivity index (χ2n) is 7.82. The van der Waals surface area contributed by atoms with Crippen molar-refractivity contribution in [2.45, 2.75) is 19.1 Å². The molecule has 2 aliphatic rings. The van der Waals surface area contributed by atoms with Crippen molar-refractivity contribution >= 4 is 46.4 Å². The van der Waals surface area contributed by atoms with Gasteiger partial charge in [0, 0.05) is 0 Å². The summed E-state index contributed by atoms with van der Waals surface area (Å²) in [6, 6.07) is 23.3. The van der Waals surface area contributed by atoms with E-state index in [2.05, 4.69) is 0 Å². The number of imide groups is 1. The highest BCUT2D eigenvalue weighted by molar-refractivity contribution is 6.42. The van der Waals surface area contributed by atoms with E-state index in [0.29, 0.717) is 10.7 Å². The Labute approximate surface area is 189 Å². The van der Waals surface area contributed by atoms with Crippen LogP contribution in [-0.2, 0) is 14.4 Å². The fourth-order valence-electron chi connectivity index (χ4n) is 4.43. The van der Waals surface area contributed by atoms with Gasteiger partial charge in [-0.05, 0) is 42.8 Å². The SMILES string of the molecule is CC12C(=O)N(c3ccc(Cl)c(Cl)c3)C(=O)C1ON(c1ccccc1)C2c1ccccc1. The van der Waals surface area contributed by atoms with Crippen LogP contribution in [0.15, 0.2) is 78.9 Å². The number of rotatable bonds is 3. The molecular weight excluding hydrogens is 435 g/mol. The Balaban J connectivity index is 1.63. The summed E-state index contributed by atoms with van der Waals surface area (Å²) in [6.45, 7) is 1.79. The van der Waals surface area contributed by atoms with Crippen LogP contribution in [0.1, 0.15) is 18.5 Å². The van der Waals surface area contributed by atoms with Crippen molar-refractivity contribution in [1.29, 1.82) is 0 Å². The Morgan fingerprint density at radius 2 is 1.48 bits per heavy atom. The summed E-state index contributed by atoms with van der Waals surface area (Å²) < 4.78 is 0. The molecule has 31 heavy (non-hydrogen) atoms. The van der Waals surface area contributed by atoms with Crippen LogP contribution in [0, 0.1) is 5.41 Å². The zero-order chi connectivity index (χ0) is 21.8. The normalized spacial score (nSPS) is 25.3. The van der Waals surface area contributed by atoms with Gasteiger partial charge in [0.15, 0.2) is 6.10 Å². The lowest BCUT2D eigenvalue weighted by atomic mass is 9.76. The fourth-order valence-corrected chi connectivity index (χ4v) is 4.72. The minimum absolute atomic E-state index is 0.272. The first-order valence-corrected chi connectivity index (χ1v) is 10.6. The molecule has 3 unspecified atom stereocenters. The highest BCUT2D eigenvalue weighted by Gasteiger charge is 2.68. The molecule has 5 rings (SSSR count). The van der Waals surface area contributed by atoms with Gasteiger partial charge >= 0.3 is 0 Å². The lowest BCUT2D eigenvalue weighted by molar-refractivity contribution is -0.128. The van der Waals surface area contributed by atoms with Crippen LogP contribution >= 0.6 is 23.2 Å². The number of nitrogens with zero attached hydrogens (tertiary/aromatic N) is 2. The van der Waals surface area contributed by atoms with Gasteiger partial charge in [0.2, 0.25) is 5.91 Å². The van der Waals surface area contributed by atoms with Crippen molar-refractivity contribution in [2.75, 3.05) is 9.96 Å². The summed E-state index contributed by atoms with van der Waals surface area (Å²) in [5, 5.41) is 2.31. The average molecular weight is 453 g/mol. The molecule has 5 nitrogen and oxygen atoms in total. The lowest BCUT2D eigenvalue weighted by Gasteiger charge is -2.32. The second kappa shape index (κ2) is 7.38. The molecule has 2 aliphatic heterocycles. The number of anilines is 2. The molecule has 2 amide bonds. The number of hydrogen-bond acceptors (Lipinski definition) is 4. The Morgan fingerprint density at radius 1 is 0.839 bits per heavy atom. The van der Waals surface area contributed by atoms with Gasteiger partial charge in [-0.25, -0.2) is 9.96 Å². The standard InChI is InChI=1S/C24H18Cl2N2O3/c1-24-20(15-8-4-2-5-9-15)28(16-10-6-3-7-11-16)31-21(24)22(29)27(23(24)30)17-12-13-18(25)19(26)14-17/h2-14,20-21H,1H3. The molecule has 2 heterocycles. The van der Waals surface area contributed by atoms with Gasteiger partial charge in [-0.15, -0.1) is 0 Å². The van der Waals surface area contributed by atoms with Crippen LogP contribution in [0.25, 0.3) is 0 Å². The fraction of sp³-hybridized carbons (Fsp3) is 0.167. The average Bonchev–Trinajstić information content (AvgIpc) is 3.20. The third-order valence-corrected chi connectivity index (χ3v) is 6.70. The minimum atomic E-state index is -1.14. The zero-order valence-corrected chi connectivity index (χ0v) is 18.0. The monoisotopic (exact) mass is 452 g/mol. The van der Waals surface area contributed by atoms with Gasteiger partial charge in [-0.3, -0.25) is 14.4 Å². The molecule has 0 aromatic heterocycles. The van der Waals surface area contributed by atoms with Crippen LogP contribution in [-0.4, -0.2) is 17.9 Å². The maximum atomic E-state index is 13.8. The van der Waals surface area contributed by atoms with Crippen LogP contribution in [0.5, 0.6) is 0 Å². The molecule has 0 aliphatic carbocycles. The van der Waals surface area contributed by atoms with Crippen LogP contribution in [0.2, 0.25) is 10.0 Å². The Kier molecular flexibility index (Phi) is 4.77. The molecular formula is C24H18Cl2N2O3. The number of carbonyl (C=O) groups excluding carboxylic acids is 2. The first-order valence-electron chi connectivity index (χ1n) is 9.82. The van der Waals surface area contributed by atoms with Crippen molar-refractivity contribution in [3.63, 3.8) is 0 Å². The Morgan fingerprint density at radius 3 is 2.13 bits per heavy atom.